The van der Waals surface area contributed by atoms with E-state index in [0.717, 1.165) is 5.39 Å². The van der Waals surface area contributed by atoms with E-state index in [9.17, 15) is 4.79 Å². The summed E-state index contributed by atoms with van der Waals surface area (Å²) in [6.07, 6.45) is 0. The van der Waals surface area contributed by atoms with Gasteiger partial charge in [-0.05, 0) is 19.1 Å². The van der Waals surface area contributed by atoms with Crippen LogP contribution in [-0.4, -0.2) is 31.8 Å². The van der Waals surface area contributed by atoms with E-state index in [2.05, 4.69) is 4.98 Å². The number of hydrogen-bond acceptors (Lipinski definition) is 5. The summed E-state index contributed by atoms with van der Waals surface area (Å²) in [5.74, 6) is 0.115. The van der Waals surface area contributed by atoms with Gasteiger partial charge in [0, 0.05) is 5.39 Å². The molecule has 1 aromatic heterocycles. The molecule has 2 rings (SSSR count). The van der Waals surface area contributed by atoms with Crippen LogP contribution in [0.5, 0.6) is 11.6 Å². The third-order valence-electron chi connectivity index (χ3n) is 2.69. The van der Waals surface area contributed by atoms with Gasteiger partial charge in [0.05, 0.1) is 26.3 Å². The van der Waals surface area contributed by atoms with Gasteiger partial charge in [-0.3, -0.25) is 0 Å². The van der Waals surface area contributed by atoms with E-state index >= 15 is 0 Å². The molecular weight excluding hydrogens is 246 g/mol. The highest BCUT2D eigenvalue weighted by molar-refractivity contribution is 6.02. The van der Waals surface area contributed by atoms with Crippen molar-refractivity contribution in [3.8, 4) is 11.6 Å². The highest BCUT2D eigenvalue weighted by Crippen LogP contribution is 2.34. The Morgan fingerprint density at radius 1 is 1.21 bits per heavy atom. The minimum Gasteiger partial charge on any atom is -0.495 e. The van der Waals surface area contributed by atoms with Crippen molar-refractivity contribution in [1.82, 2.24) is 4.98 Å². The normalized spacial score (nSPS) is 10.3. The predicted molar refractivity (Wildman–Crippen MR) is 70.8 cm³/mol. The molecule has 2 aromatic rings. The minimum atomic E-state index is -0.505. The average Bonchev–Trinajstić information content (AvgIpc) is 2.45. The SMILES string of the molecule is CCOC(=O)c1c(OC)nc2ccccc2c1OC. The van der Waals surface area contributed by atoms with Crippen molar-refractivity contribution in [2.24, 2.45) is 0 Å². The van der Waals surface area contributed by atoms with Gasteiger partial charge in [0.15, 0.2) is 5.56 Å². The Morgan fingerprint density at radius 3 is 2.58 bits per heavy atom. The van der Waals surface area contributed by atoms with E-state index in [4.69, 9.17) is 14.2 Å². The zero-order valence-corrected chi connectivity index (χ0v) is 11.1. The third-order valence-corrected chi connectivity index (χ3v) is 2.69. The van der Waals surface area contributed by atoms with E-state index in [1.807, 2.05) is 24.3 Å². The minimum absolute atomic E-state index is 0.203. The van der Waals surface area contributed by atoms with Gasteiger partial charge in [0.25, 0.3) is 0 Å². The molecule has 1 aromatic carbocycles. The number of fused-ring (bicyclic) bond motifs is 1. The highest BCUT2D eigenvalue weighted by Gasteiger charge is 2.23. The summed E-state index contributed by atoms with van der Waals surface area (Å²) in [4.78, 5) is 16.3. The maximum absolute atomic E-state index is 12.0. The van der Waals surface area contributed by atoms with Gasteiger partial charge < -0.3 is 14.2 Å². The molecule has 0 aliphatic rings. The maximum Gasteiger partial charge on any atom is 0.347 e. The fourth-order valence-electron chi connectivity index (χ4n) is 1.90. The number of rotatable bonds is 4. The first kappa shape index (κ1) is 13.1. The second-order valence-electron chi connectivity index (χ2n) is 3.77. The first-order chi connectivity index (χ1) is 9.22. The van der Waals surface area contributed by atoms with Crippen LogP contribution in [0.3, 0.4) is 0 Å². The summed E-state index contributed by atoms with van der Waals surface area (Å²) in [5, 5.41) is 0.744. The van der Waals surface area contributed by atoms with Crippen LogP contribution in [0.1, 0.15) is 17.3 Å². The highest BCUT2D eigenvalue weighted by atomic mass is 16.5. The monoisotopic (exact) mass is 261 g/mol. The predicted octanol–water partition coefficient (Wildman–Crippen LogP) is 2.43. The van der Waals surface area contributed by atoms with Crippen molar-refractivity contribution in [3.63, 3.8) is 0 Å². The zero-order chi connectivity index (χ0) is 13.8. The van der Waals surface area contributed by atoms with Gasteiger partial charge in [-0.2, -0.15) is 0 Å². The third kappa shape index (κ3) is 2.31. The number of para-hydroxylation sites is 1. The Labute approximate surface area is 111 Å². The molecular formula is C14H15NO4. The lowest BCUT2D eigenvalue weighted by molar-refractivity contribution is 0.0518. The molecule has 0 bridgehead atoms. The second-order valence-corrected chi connectivity index (χ2v) is 3.77. The Bertz CT molecular complexity index is 610. The van der Waals surface area contributed by atoms with E-state index in [1.54, 1.807) is 6.92 Å². The number of pyridine rings is 1. The zero-order valence-electron chi connectivity index (χ0n) is 11.1. The summed E-state index contributed by atoms with van der Waals surface area (Å²) < 4.78 is 15.5. The van der Waals surface area contributed by atoms with Crippen molar-refractivity contribution < 1.29 is 19.0 Å². The van der Waals surface area contributed by atoms with Gasteiger partial charge in [0.1, 0.15) is 5.75 Å². The second kappa shape index (κ2) is 5.56. The van der Waals surface area contributed by atoms with Gasteiger partial charge in [0.2, 0.25) is 5.88 Å². The smallest absolute Gasteiger partial charge is 0.347 e. The molecule has 0 radical (unpaired) electrons. The molecule has 5 heteroatoms. The number of ether oxygens (including phenoxy) is 3. The number of carbonyl (C=O) groups excluding carboxylic acids is 1. The molecule has 0 saturated carbocycles. The van der Waals surface area contributed by atoms with E-state index < -0.39 is 5.97 Å². The number of benzene rings is 1. The number of esters is 1. The summed E-state index contributed by atoms with van der Waals surface area (Å²) in [5.41, 5.74) is 0.912. The van der Waals surface area contributed by atoms with Crippen LogP contribution >= 0.6 is 0 Å². The van der Waals surface area contributed by atoms with Crippen LogP contribution in [0.2, 0.25) is 0 Å². The number of aromatic nitrogens is 1. The first-order valence-electron chi connectivity index (χ1n) is 5.90. The van der Waals surface area contributed by atoms with Crippen LogP contribution in [0.15, 0.2) is 24.3 Å². The summed E-state index contributed by atoms with van der Waals surface area (Å²) in [6, 6.07) is 7.38. The summed E-state index contributed by atoms with van der Waals surface area (Å²) in [7, 11) is 2.96. The van der Waals surface area contributed by atoms with Crippen molar-refractivity contribution >= 4 is 16.9 Å². The number of hydrogen-bond donors (Lipinski definition) is 0. The van der Waals surface area contributed by atoms with Crippen LogP contribution in [0, 0.1) is 0 Å². The van der Waals surface area contributed by atoms with Crippen LogP contribution in [0.4, 0.5) is 0 Å². The number of nitrogens with zero attached hydrogens (tertiary/aromatic N) is 1. The lowest BCUT2D eigenvalue weighted by atomic mass is 10.1. The Morgan fingerprint density at radius 2 is 1.95 bits per heavy atom. The molecule has 1 heterocycles. The molecule has 0 aliphatic heterocycles. The van der Waals surface area contributed by atoms with E-state index in [0.29, 0.717) is 11.3 Å². The molecule has 0 fully saturated rings. The lowest BCUT2D eigenvalue weighted by Crippen LogP contribution is -2.10. The molecule has 0 saturated heterocycles. The molecule has 0 spiro atoms. The number of methoxy groups -OCH3 is 2. The quantitative estimate of drug-likeness (QED) is 0.791. The van der Waals surface area contributed by atoms with Gasteiger partial charge in [-0.1, -0.05) is 12.1 Å². The van der Waals surface area contributed by atoms with Crippen molar-refractivity contribution in [2.75, 3.05) is 20.8 Å². The van der Waals surface area contributed by atoms with E-state index in [1.165, 1.54) is 14.2 Å². The van der Waals surface area contributed by atoms with Crippen LogP contribution in [0.25, 0.3) is 10.9 Å². The van der Waals surface area contributed by atoms with Gasteiger partial charge >= 0.3 is 5.97 Å². The van der Waals surface area contributed by atoms with Crippen molar-refractivity contribution in [1.29, 1.82) is 0 Å². The fourth-order valence-corrected chi connectivity index (χ4v) is 1.90. The largest absolute Gasteiger partial charge is 0.495 e. The molecule has 0 N–H and O–H groups in total. The number of carbonyl (C=O) groups is 1. The van der Waals surface area contributed by atoms with Crippen molar-refractivity contribution in [2.45, 2.75) is 6.92 Å². The summed E-state index contributed by atoms with van der Waals surface area (Å²) >= 11 is 0. The summed E-state index contributed by atoms with van der Waals surface area (Å²) in [6.45, 7) is 2.02. The fraction of sp³-hybridized carbons (Fsp3) is 0.286. The van der Waals surface area contributed by atoms with E-state index in [-0.39, 0.29) is 18.1 Å². The van der Waals surface area contributed by atoms with Gasteiger partial charge in [-0.25, -0.2) is 9.78 Å². The Hall–Kier alpha value is -2.30. The molecule has 100 valence electrons. The first-order valence-corrected chi connectivity index (χ1v) is 5.90. The molecule has 0 unspecified atom stereocenters. The maximum atomic E-state index is 12.0. The van der Waals surface area contributed by atoms with Crippen LogP contribution < -0.4 is 9.47 Å². The van der Waals surface area contributed by atoms with Crippen molar-refractivity contribution in [3.05, 3.63) is 29.8 Å². The molecule has 5 nitrogen and oxygen atoms in total. The molecule has 0 aliphatic carbocycles. The Kier molecular flexibility index (Phi) is 3.85. The molecule has 0 atom stereocenters. The Balaban J connectivity index is 2.75. The van der Waals surface area contributed by atoms with Crippen LogP contribution in [-0.2, 0) is 4.74 Å². The molecule has 19 heavy (non-hydrogen) atoms. The standard InChI is InChI=1S/C14H15NO4/c1-4-19-14(16)11-12(17-2)9-7-5-6-8-10(9)15-13(11)18-3/h5-8H,4H2,1-3H3. The lowest BCUT2D eigenvalue weighted by Gasteiger charge is -2.13. The van der Waals surface area contributed by atoms with Gasteiger partial charge in [-0.15, -0.1) is 0 Å². The topological polar surface area (TPSA) is 57.7 Å². The molecule has 0 amide bonds. The average molecular weight is 261 g/mol.